The van der Waals surface area contributed by atoms with Crippen LogP contribution in [-0.4, -0.2) is 47.5 Å². The Balaban J connectivity index is 1.82. The van der Waals surface area contributed by atoms with Crippen LogP contribution in [0.15, 0.2) is 29.3 Å². The Hall–Kier alpha value is -1.94. The Morgan fingerprint density at radius 3 is 2.42 bits per heavy atom. The minimum Gasteiger partial charge on any atom is -0.508 e. The first-order valence-electron chi connectivity index (χ1n) is 10.6. The fourth-order valence-corrected chi connectivity index (χ4v) is 4.94. The number of hydrogen-bond donors (Lipinski definition) is 2. The number of aromatic nitrogens is 2. The highest BCUT2D eigenvalue weighted by Gasteiger charge is 2.34. The van der Waals surface area contributed by atoms with Gasteiger partial charge in [-0.3, -0.25) is 9.59 Å². The molecule has 1 aliphatic rings. The standard InChI is InChI=1S/C22H28Cl2N4O4S/c1-22(2,3)33(32)26-20(14-9-15(23)16(24)10-18(14)29)13-5-7-28(8-6-13)21(31)17-12-27(4)19(30)11-25-17/h9-13,20,26,29H,5-8H2,1-4H3/t20-,33?/m1/s1. The molecule has 33 heavy (non-hydrogen) atoms. The molecule has 1 aliphatic heterocycles. The fourth-order valence-electron chi connectivity index (χ4n) is 3.71. The molecule has 3 rings (SSSR count). The minimum absolute atomic E-state index is 0.0171. The zero-order valence-electron chi connectivity index (χ0n) is 19.0. The lowest BCUT2D eigenvalue weighted by molar-refractivity contribution is 0.0667. The fraction of sp³-hybridized carbons (Fsp3) is 0.500. The van der Waals surface area contributed by atoms with E-state index in [9.17, 15) is 18.9 Å². The van der Waals surface area contributed by atoms with Gasteiger partial charge >= 0.3 is 0 Å². The second-order valence-electron chi connectivity index (χ2n) is 9.15. The van der Waals surface area contributed by atoms with Crippen LogP contribution in [0.3, 0.4) is 0 Å². The van der Waals surface area contributed by atoms with Gasteiger partial charge in [-0.15, -0.1) is 0 Å². The minimum atomic E-state index is -1.40. The SMILES string of the molecule is Cn1cc(C(=O)N2CCC([C@@H](NS(=O)C(C)(C)C)c3cc(Cl)c(Cl)cc3O)CC2)ncc1=O. The summed E-state index contributed by atoms with van der Waals surface area (Å²) in [7, 11) is 0.170. The summed E-state index contributed by atoms with van der Waals surface area (Å²) in [6.45, 7) is 6.50. The second kappa shape index (κ2) is 10.1. The summed E-state index contributed by atoms with van der Waals surface area (Å²) in [6, 6.07) is 2.54. The van der Waals surface area contributed by atoms with Crippen molar-refractivity contribution in [2.24, 2.45) is 13.0 Å². The van der Waals surface area contributed by atoms with Gasteiger partial charge in [-0.25, -0.2) is 13.9 Å². The molecule has 1 aromatic heterocycles. The van der Waals surface area contributed by atoms with Crippen molar-refractivity contribution in [2.45, 2.75) is 44.4 Å². The molecule has 1 aromatic carbocycles. The van der Waals surface area contributed by atoms with E-state index in [1.54, 1.807) is 18.0 Å². The number of phenolic OH excluding ortho intramolecular Hbond substituents is 1. The zero-order valence-corrected chi connectivity index (χ0v) is 21.3. The van der Waals surface area contributed by atoms with E-state index >= 15 is 0 Å². The van der Waals surface area contributed by atoms with Crippen molar-refractivity contribution in [1.82, 2.24) is 19.2 Å². The number of carbonyl (C=O) groups is 1. The molecular weight excluding hydrogens is 487 g/mol. The largest absolute Gasteiger partial charge is 0.508 e. The molecule has 0 aliphatic carbocycles. The van der Waals surface area contributed by atoms with Crippen molar-refractivity contribution in [3.05, 3.63) is 56.2 Å². The van der Waals surface area contributed by atoms with E-state index in [2.05, 4.69) is 9.71 Å². The lowest BCUT2D eigenvalue weighted by atomic mass is 9.85. The van der Waals surface area contributed by atoms with E-state index < -0.39 is 21.8 Å². The van der Waals surface area contributed by atoms with Gasteiger partial charge in [0.2, 0.25) is 0 Å². The lowest BCUT2D eigenvalue weighted by Gasteiger charge is -2.37. The van der Waals surface area contributed by atoms with E-state index in [4.69, 9.17) is 23.2 Å². The molecule has 1 saturated heterocycles. The molecule has 1 unspecified atom stereocenters. The van der Waals surface area contributed by atoms with E-state index in [-0.39, 0.29) is 33.9 Å². The van der Waals surface area contributed by atoms with Crippen molar-refractivity contribution in [3.8, 4) is 5.75 Å². The maximum absolute atomic E-state index is 12.9. The summed E-state index contributed by atoms with van der Waals surface area (Å²) in [5.41, 5.74) is 0.445. The highest BCUT2D eigenvalue weighted by Crippen LogP contribution is 2.39. The number of piperidine rings is 1. The van der Waals surface area contributed by atoms with Crippen LogP contribution in [0.2, 0.25) is 10.0 Å². The second-order valence-corrected chi connectivity index (χ2v) is 12.0. The number of likely N-dealkylation sites (tertiary alicyclic amines) is 1. The molecular formula is C22H28Cl2N4O4S. The van der Waals surface area contributed by atoms with Crippen molar-refractivity contribution in [2.75, 3.05) is 13.1 Å². The first kappa shape index (κ1) is 25.7. The molecule has 1 amide bonds. The number of phenols is 1. The molecule has 2 aromatic rings. The van der Waals surface area contributed by atoms with Gasteiger partial charge in [0.1, 0.15) is 11.4 Å². The number of amides is 1. The van der Waals surface area contributed by atoms with E-state index in [0.717, 1.165) is 6.20 Å². The summed E-state index contributed by atoms with van der Waals surface area (Å²) < 4.78 is 16.9. The highest BCUT2D eigenvalue weighted by atomic mass is 35.5. The molecule has 1 fully saturated rings. The molecule has 0 bridgehead atoms. The van der Waals surface area contributed by atoms with Crippen LogP contribution < -0.4 is 10.3 Å². The summed E-state index contributed by atoms with van der Waals surface area (Å²) in [4.78, 5) is 30.1. The quantitative estimate of drug-likeness (QED) is 0.635. The van der Waals surface area contributed by atoms with Gasteiger partial charge in [-0.2, -0.15) is 0 Å². The Labute approximate surface area is 205 Å². The van der Waals surface area contributed by atoms with Crippen LogP contribution in [0.25, 0.3) is 0 Å². The van der Waals surface area contributed by atoms with Crippen LogP contribution in [-0.2, 0) is 18.0 Å². The average molecular weight is 515 g/mol. The van der Waals surface area contributed by atoms with Gasteiger partial charge in [-0.05, 0) is 45.6 Å². The first-order chi connectivity index (χ1) is 15.4. The number of nitrogens with one attached hydrogen (secondary N) is 1. The van der Waals surface area contributed by atoms with E-state index in [0.29, 0.717) is 36.5 Å². The van der Waals surface area contributed by atoms with E-state index in [1.165, 1.54) is 16.8 Å². The van der Waals surface area contributed by atoms with Crippen molar-refractivity contribution >= 4 is 40.1 Å². The predicted molar refractivity (Wildman–Crippen MR) is 130 cm³/mol. The van der Waals surface area contributed by atoms with Crippen molar-refractivity contribution in [3.63, 3.8) is 0 Å². The van der Waals surface area contributed by atoms with Gasteiger partial charge in [0.15, 0.2) is 0 Å². The van der Waals surface area contributed by atoms with E-state index in [1.807, 2.05) is 20.8 Å². The Kier molecular flexibility index (Phi) is 7.88. The third kappa shape index (κ3) is 5.95. The van der Waals surface area contributed by atoms with Crippen molar-refractivity contribution in [1.29, 1.82) is 0 Å². The maximum atomic E-state index is 12.9. The maximum Gasteiger partial charge on any atom is 0.273 e. The number of aryl methyl sites for hydroxylation is 1. The third-order valence-electron chi connectivity index (χ3n) is 5.69. The number of carbonyl (C=O) groups excluding carboxylic acids is 1. The van der Waals surface area contributed by atoms with Gasteiger partial charge < -0.3 is 14.6 Å². The number of aromatic hydroxyl groups is 1. The molecule has 2 heterocycles. The zero-order chi connectivity index (χ0) is 24.5. The van der Waals surface area contributed by atoms with Crippen LogP contribution in [0.4, 0.5) is 0 Å². The molecule has 8 nitrogen and oxygen atoms in total. The summed E-state index contributed by atoms with van der Waals surface area (Å²) in [5, 5.41) is 11.1. The van der Waals surface area contributed by atoms with Gasteiger partial charge in [0.25, 0.3) is 11.5 Å². The number of rotatable bonds is 5. The van der Waals surface area contributed by atoms with Gasteiger partial charge in [0, 0.05) is 38.0 Å². The third-order valence-corrected chi connectivity index (χ3v) is 7.99. The lowest BCUT2D eigenvalue weighted by Crippen LogP contribution is -2.44. The first-order valence-corrected chi connectivity index (χ1v) is 12.5. The molecule has 2 atom stereocenters. The Morgan fingerprint density at radius 2 is 1.85 bits per heavy atom. The van der Waals surface area contributed by atoms with Crippen LogP contribution in [0, 0.1) is 5.92 Å². The molecule has 0 saturated carbocycles. The topological polar surface area (TPSA) is 105 Å². The number of hydrogen-bond acceptors (Lipinski definition) is 5. The summed E-state index contributed by atoms with van der Waals surface area (Å²) in [5.74, 6) is -0.290. The summed E-state index contributed by atoms with van der Waals surface area (Å²) >= 11 is 12.3. The molecule has 0 spiro atoms. The highest BCUT2D eigenvalue weighted by molar-refractivity contribution is 7.84. The van der Waals surface area contributed by atoms with Gasteiger partial charge in [0.05, 0.1) is 38.0 Å². The number of halogens is 2. The number of benzene rings is 1. The van der Waals surface area contributed by atoms with Crippen LogP contribution >= 0.6 is 23.2 Å². The average Bonchev–Trinajstić information content (AvgIpc) is 2.75. The molecule has 11 heteroatoms. The summed E-state index contributed by atoms with van der Waals surface area (Å²) in [6.07, 6.45) is 3.78. The van der Waals surface area contributed by atoms with Crippen LogP contribution in [0.5, 0.6) is 5.75 Å². The molecule has 0 radical (unpaired) electrons. The molecule has 180 valence electrons. The van der Waals surface area contributed by atoms with Crippen LogP contribution in [0.1, 0.15) is 55.7 Å². The Morgan fingerprint density at radius 1 is 1.24 bits per heavy atom. The predicted octanol–water partition coefficient (Wildman–Crippen LogP) is 3.44. The monoisotopic (exact) mass is 514 g/mol. The Bertz CT molecular complexity index is 1120. The normalized spacial score (nSPS) is 17.1. The number of nitrogens with zero attached hydrogens (tertiary/aromatic N) is 3. The van der Waals surface area contributed by atoms with Gasteiger partial charge in [-0.1, -0.05) is 23.2 Å². The van der Waals surface area contributed by atoms with Crippen molar-refractivity contribution < 1.29 is 14.1 Å². The smallest absolute Gasteiger partial charge is 0.273 e. The molecule has 2 N–H and O–H groups in total.